The predicted octanol–water partition coefficient (Wildman–Crippen LogP) is 13.6. The van der Waals surface area contributed by atoms with Crippen LogP contribution >= 0.6 is 0 Å². The Bertz CT molecular complexity index is 2840. The van der Waals surface area contributed by atoms with E-state index in [1.54, 1.807) is 0 Å². The van der Waals surface area contributed by atoms with Crippen LogP contribution in [0.15, 0.2) is 164 Å². The molecule has 1 aliphatic rings. The third kappa shape index (κ3) is 4.27. The molecule has 2 heteroatoms. The van der Waals surface area contributed by atoms with Crippen molar-refractivity contribution in [3.8, 4) is 56.0 Å². The topological polar surface area (TPSA) is 13.6 Å². The van der Waals surface area contributed by atoms with Gasteiger partial charge in [0.25, 0.3) is 0 Å². The fraction of sp³-hybridized carbons (Fsp3) is 0. The van der Waals surface area contributed by atoms with Crippen molar-refractivity contribution in [1.29, 1.82) is 0 Å². The van der Waals surface area contributed by atoms with Crippen molar-refractivity contribution in [2.45, 2.75) is 0 Å². The lowest BCUT2D eigenvalue weighted by atomic mass is 9.87. The maximum atomic E-state index is 7.56. The van der Waals surface area contributed by atoms with Gasteiger partial charge in [0.2, 0.25) is 0 Å². The molecule has 0 amide bonds. The zero-order chi connectivity index (χ0) is 32.5. The Labute approximate surface area is 283 Å². The van der Waals surface area contributed by atoms with Crippen LogP contribution in [-0.2, 0) is 0 Å². The summed E-state index contributed by atoms with van der Waals surface area (Å²) in [6.45, 7) is 7.56. The summed E-state index contributed by atoms with van der Waals surface area (Å²) in [4.78, 5) is 3.67. The van der Waals surface area contributed by atoms with Gasteiger partial charge in [-0.25, -0.2) is 4.85 Å². The van der Waals surface area contributed by atoms with Crippen LogP contribution in [0.3, 0.4) is 0 Å². The molecule has 0 bridgehead atoms. The molecule has 226 valence electrons. The van der Waals surface area contributed by atoms with E-state index in [9.17, 15) is 0 Å². The Hall–Kier alpha value is -6.69. The van der Waals surface area contributed by atoms with Gasteiger partial charge < -0.3 is 4.74 Å². The fourth-order valence-corrected chi connectivity index (χ4v) is 7.76. The molecule has 9 aromatic carbocycles. The predicted molar refractivity (Wildman–Crippen MR) is 205 cm³/mol. The van der Waals surface area contributed by atoms with E-state index in [2.05, 4.69) is 150 Å². The molecule has 1 aliphatic heterocycles. The Morgan fingerprint density at radius 2 is 0.959 bits per heavy atom. The molecule has 0 aliphatic carbocycles. The van der Waals surface area contributed by atoms with Crippen LogP contribution in [0, 0.1) is 6.57 Å². The molecular weight excluding hydrogens is 595 g/mol. The lowest BCUT2D eigenvalue weighted by Gasteiger charge is -2.22. The van der Waals surface area contributed by atoms with Gasteiger partial charge in [0, 0.05) is 10.9 Å². The van der Waals surface area contributed by atoms with Crippen LogP contribution in [0.25, 0.3) is 92.4 Å². The van der Waals surface area contributed by atoms with E-state index in [0.717, 1.165) is 44.5 Å². The van der Waals surface area contributed by atoms with Crippen molar-refractivity contribution in [3.63, 3.8) is 0 Å². The van der Waals surface area contributed by atoms with Crippen molar-refractivity contribution < 1.29 is 4.74 Å². The molecule has 49 heavy (non-hydrogen) atoms. The largest absolute Gasteiger partial charge is 0.457 e. The van der Waals surface area contributed by atoms with Crippen LogP contribution in [0.2, 0.25) is 0 Å². The molecule has 0 aromatic heterocycles. The molecule has 0 fully saturated rings. The summed E-state index contributed by atoms with van der Waals surface area (Å²) in [6.07, 6.45) is 0. The average Bonchev–Trinajstić information content (AvgIpc) is 3.17. The van der Waals surface area contributed by atoms with Gasteiger partial charge in [-0.05, 0) is 113 Å². The smallest absolute Gasteiger partial charge is 0.191 e. The number of hydrogen-bond acceptors (Lipinski definition) is 1. The Morgan fingerprint density at radius 1 is 0.367 bits per heavy atom. The van der Waals surface area contributed by atoms with Crippen LogP contribution in [0.4, 0.5) is 5.69 Å². The van der Waals surface area contributed by atoms with Crippen molar-refractivity contribution in [1.82, 2.24) is 0 Å². The highest BCUT2D eigenvalue weighted by Gasteiger charge is 2.21. The second kappa shape index (κ2) is 10.7. The van der Waals surface area contributed by atoms with E-state index in [0.29, 0.717) is 5.69 Å². The molecule has 10 rings (SSSR count). The Morgan fingerprint density at radius 3 is 1.63 bits per heavy atom. The van der Waals surface area contributed by atoms with Crippen molar-refractivity contribution in [2.75, 3.05) is 0 Å². The van der Waals surface area contributed by atoms with Crippen LogP contribution in [-0.4, -0.2) is 0 Å². The maximum absolute atomic E-state index is 7.56. The van der Waals surface area contributed by atoms with E-state index in [1.165, 1.54) is 54.6 Å². The summed E-state index contributed by atoms with van der Waals surface area (Å²) in [6, 6.07) is 58.4. The highest BCUT2D eigenvalue weighted by Crippen LogP contribution is 2.49. The summed E-state index contributed by atoms with van der Waals surface area (Å²) in [5.74, 6) is 1.55. The van der Waals surface area contributed by atoms with Crippen molar-refractivity contribution in [3.05, 3.63) is 175 Å². The van der Waals surface area contributed by atoms with Crippen LogP contribution in [0.1, 0.15) is 0 Å². The number of benzene rings is 9. The summed E-state index contributed by atoms with van der Waals surface area (Å²) >= 11 is 0. The number of ether oxygens (including phenoxy) is 1. The van der Waals surface area contributed by atoms with E-state index >= 15 is 0 Å². The highest BCUT2D eigenvalue weighted by atomic mass is 16.5. The molecule has 0 atom stereocenters. The molecule has 0 spiro atoms. The zero-order valence-electron chi connectivity index (χ0n) is 26.4. The summed E-state index contributed by atoms with van der Waals surface area (Å²) in [7, 11) is 0. The highest BCUT2D eigenvalue weighted by molar-refractivity contribution is 6.23. The monoisotopic (exact) mass is 621 g/mol. The first-order chi connectivity index (χ1) is 24.2. The van der Waals surface area contributed by atoms with Gasteiger partial charge in [-0.2, -0.15) is 0 Å². The molecule has 0 radical (unpaired) electrons. The Kier molecular flexibility index (Phi) is 5.97. The molecule has 0 saturated carbocycles. The second-order valence-electron chi connectivity index (χ2n) is 12.8. The first kappa shape index (κ1) is 27.4. The minimum Gasteiger partial charge on any atom is -0.457 e. The second-order valence-corrected chi connectivity index (χ2v) is 12.8. The lowest BCUT2D eigenvalue weighted by Crippen LogP contribution is -1.97. The first-order valence-electron chi connectivity index (χ1n) is 16.5. The third-order valence-corrected chi connectivity index (χ3v) is 10.0. The minimum atomic E-state index is 0.584. The van der Waals surface area contributed by atoms with Gasteiger partial charge in [0.1, 0.15) is 11.5 Å². The van der Waals surface area contributed by atoms with E-state index in [1.807, 2.05) is 18.2 Å². The normalized spacial score (nSPS) is 11.8. The van der Waals surface area contributed by atoms with E-state index in [-0.39, 0.29) is 0 Å². The van der Waals surface area contributed by atoms with Gasteiger partial charge in [0.05, 0.1) is 6.57 Å². The third-order valence-electron chi connectivity index (χ3n) is 10.0. The molecule has 0 N–H and O–H groups in total. The molecule has 9 aromatic rings. The molecule has 2 nitrogen and oxygen atoms in total. The van der Waals surface area contributed by atoms with Gasteiger partial charge in [-0.15, -0.1) is 0 Å². The van der Waals surface area contributed by atoms with E-state index in [4.69, 9.17) is 11.3 Å². The molecular formula is C47H27NO. The number of rotatable bonds is 3. The summed E-state index contributed by atoms with van der Waals surface area (Å²) < 4.78 is 6.46. The Balaban J connectivity index is 1.09. The van der Waals surface area contributed by atoms with Crippen LogP contribution in [0.5, 0.6) is 11.5 Å². The quantitative estimate of drug-likeness (QED) is 0.141. The summed E-state index contributed by atoms with van der Waals surface area (Å²) in [5, 5.41) is 9.63. The van der Waals surface area contributed by atoms with Crippen molar-refractivity contribution >= 4 is 48.8 Å². The SMILES string of the molecule is [C-]#[N+]c1cc2c3c(cccc3c1)-c1ccc(-c3ccc(-c4cc5c6ccccc6c(-c6ccccc6)cc5c5ccccc45)cc3)cc1O2. The molecule has 0 unspecified atom stereocenters. The number of nitrogens with zero attached hydrogens (tertiary/aromatic N) is 1. The van der Waals surface area contributed by atoms with Gasteiger partial charge in [-0.3, -0.25) is 0 Å². The van der Waals surface area contributed by atoms with Gasteiger partial charge in [0.15, 0.2) is 5.69 Å². The van der Waals surface area contributed by atoms with E-state index < -0.39 is 0 Å². The van der Waals surface area contributed by atoms with Gasteiger partial charge in [-0.1, -0.05) is 127 Å². The molecule has 1 heterocycles. The van der Waals surface area contributed by atoms with Gasteiger partial charge >= 0.3 is 0 Å². The fourth-order valence-electron chi connectivity index (χ4n) is 7.76. The lowest BCUT2D eigenvalue weighted by molar-refractivity contribution is 0.487. The maximum Gasteiger partial charge on any atom is 0.191 e. The minimum absolute atomic E-state index is 0.584. The number of fused-ring (bicyclic) bond motifs is 7. The van der Waals surface area contributed by atoms with Crippen LogP contribution < -0.4 is 4.74 Å². The average molecular weight is 622 g/mol. The zero-order valence-corrected chi connectivity index (χ0v) is 26.4. The standard InChI is InChI=1S/C47H27NO/c1-48-34-24-33-12-9-17-40-39-23-22-32(25-45(39)49-46(26-34)47(33)40)29-18-20-31(21-19-29)42-28-44-37-15-7-5-13-35(37)41(30-10-3-2-4-11-30)27-43(44)38-16-8-6-14-36(38)42/h2-28H. The first-order valence-corrected chi connectivity index (χ1v) is 16.5. The number of hydrogen-bond donors (Lipinski definition) is 0. The molecule has 0 saturated heterocycles. The van der Waals surface area contributed by atoms with Crippen molar-refractivity contribution in [2.24, 2.45) is 0 Å². The summed E-state index contributed by atoms with van der Waals surface area (Å²) in [5.41, 5.74) is 9.89.